The molecule has 3 heteroatoms. The first kappa shape index (κ1) is 25.0. The minimum absolute atomic E-state index is 0.00580. The van der Waals surface area contributed by atoms with E-state index in [1.165, 1.54) is 6.42 Å². The average molecular weight is 476 g/mol. The fraction of sp³-hybridized carbons (Fsp3) is 0.781. The highest BCUT2D eigenvalue weighted by Gasteiger charge is 2.71. The molecule has 0 aromatic heterocycles. The third-order valence-corrected chi connectivity index (χ3v) is 12.9. The number of Topliss-reactive ketones (excluding diaryl/α,β-unsaturated/α-hetero) is 2. The normalized spacial score (nSPS) is 49.9. The number of carbonyl (C=O) groups is 2. The van der Waals surface area contributed by atoms with Crippen molar-refractivity contribution in [1.82, 2.24) is 0 Å². The van der Waals surface area contributed by atoms with E-state index < -0.39 is 5.41 Å². The van der Waals surface area contributed by atoms with E-state index in [4.69, 9.17) is 6.57 Å². The molecule has 0 amide bonds. The van der Waals surface area contributed by atoms with Gasteiger partial charge in [-0.05, 0) is 89.8 Å². The molecule has 5 rings (SSSR count). The number of ketones is 2. The molecule has 0 bridgehead atoms. The van der Waals surface area contributed by atoms with Crippen molar-refractivity contribution in [3.05, 3.63) is 35.8 Å². The average Bonchev–Trinajstić information content (AvgIpc) is 2.77. The zero-order chi connectivity index (χ0) is 25.8. The number of allylic oxidation sites excluding steroid dienone is 3. The predicted octanol–water partition coefficient (Wildman–Crippen LogP) is 7.83. The van der Waals surface area contributed by atoms with E-state index in [-0.39, 0.29) is 50.6 Å². The van der Waals surface area contributed by atoms with E-state index in [2.05, 4.69) is 52.1 Å². The van der Waals surface area contributed by atoms with Crippen molar-refractivity contribution in [2.75, 3.05) is 0 Å². The van der Waals surface area contributed by atoms with Crippen molar-refractivity contribution < 1.29 is 9.59 Å². The Morgan fingerprint density at radius 2 is 1.60 bits per heavy atom. The fourth-order valence-electron chi connectivity index (χ4n) is 10.7. The topological polar surface area (TPSA) is 38.5 Å². The van der Waals surface area contributed by atoms with Gasteiger partial charge in [0.2, 0.25) is 5.70 Å². The van der Waals surface area contributed by atoms with Crippen LogP contribution < -0.4 is 0 Å². The molecular formula is C32H45NO2. The molecule has 0 spiro atoms. The number of carbonyl (C=O) groups excluding carboxylic acids is 2. The van der Waals surface area contributed by atoms with Crippen LogP contribution in [0.3, 0.4) is 0 Å². The van der Waals surface area contributed by atoms with Gasteiger partial charge >= 0.3 is 0 Å². The van der Waals surface area contributed by atoms with E-state index >= 15 is 0 Å². The minimum Gasteiger partial charge on any atom is -0.307 e. The summed E-state index contributed by atoms with van der Waals surface area (Å²) in [6.45, 7) is 28.1. The Hall–Kier alpha value is -1.69. The number of rotatable bonds is 1. The first-order valence-electron chi connectivity index (χ1n) is 13.9. The van der Waals surface area contributed by atoms with Crippen molar-refractivity contribution in [3.63, 3.8) is 0 Å². The van der Waals surface area contributed by atoms with Gasteiger partial charge in [-0.15, -0.1) is 6.58 Å². The maximum absolute atomic E-state index is 14.4. The monoisotopic (exact) mass is 475 g/mol. The van der Waals surface area contributed by atoms with E-state index in [0.29, 0.717) is 23.8 Å². The lowest BCUT2D eigenvalue weighted by Gasteiger charge is -2.72. The van der Waals surface area contributed by atoms with Crippen molar-refractivity contribution in [2.24, 2.45) is 56.2 Å². The Labute approximate surface area is 213 Å². The zero-order valence-corrected chi connectivity index (χ0v) is 23.1. The van der Waals surface area contributed by atoms with Gasteiger partial charge in [-0.3, -0.25) is 4.79 Å². The summed E-state index contributed by atoms with van der Waals surface area (Å²) in [5.41, 5.74) is -0.291. The van der Waals surface area contributed by atoms with Crippen molar-refractivity contribution in [2.45, 2.75) is 99.8 Å². The van der Waals surface area contributed by atoms with Gasteiger partial charge in [0.05, 0.1) is 6.57 Å². The van der Waals surface area contributed by atoms with Crippen LogP contribution in [0, 0.1) is 62.7 Å². The summed E-state index contributed by atoms with van der Waals surface area (Å²) in [4.78, 5) is 31.3. The second-order valence-corrected chi connectivity index (χ2v) is 15.1. The van der Waals surface area contributed by atoms with Crippen LogP contribution in [0.4, 0.5) is 0 Å². The Balaban J connectivity index is 1.64. The molecule has 4 fully saturated rings. The Kier molecular flexibility index (Phi) is 5.14. The first-order valence-corrected chi connectivity index (χ1v) is 13.9. The molecule has 0 aromatic carbocycles. The predicted molar refractivity (Wildman–Crippen MR) is 140 cm³/mol. The highest BCUT2D eigenvalue weighted by atomic mass is 16.1. The highest BCUT2D eigenvalue weighted by Crippen LogP contribution is 2.75. The maximum atomic E-state index is 14.4. The van der Waals surface area contributed by atoms with Crippen LogP contribution in [0.2, 0.25) is 0 Å². The third kappa shape index (κ3) is 2.95. The molecule has 3 nitrogen and oxygen atoms in total. The SMILES string of the molecule is [C-]#[N+]C1=C[C@]2(C)C3CC(=O)[C@@H]4[C@@H]5CC(C)(C)CC[C@]5(C=C)CC[C@@]4(C)[C@]3(C)CC[C@H]2C(C)(C)C1=O. The molecule has 0 saturated heterocycles. The van der Waals surface area contributed by atoms with Crippen LogP contribution in [0.25, 0.3) is 4.85 Å². The Morgan fingerprint density at radius 1 is 0.943 bits per heavy atom. The minimum atomic E-state index is -0.566. The largest absolute Gasteiger partial charge is 0.307 e. The Bertz CT molecular complexity index is 1070. The van der Waals surface area contributed by atoms with Gasteiger partial charge in [-0.2, -0.15) is 0 Å². The standard InChI is InChI=1S/C32H45NO2/c1-10-32-15-13-27(2,3)18-20(32)25-22(34)17-24-29(6)19-21(33-9)26(35)28(4,5)23(29)11-12-30(24,7)31(25,8)14-16-32/h10,19-20,23-25H,1,11-18H2,2-8H3/t20-,23-,24?,25-,29-,30+,31+,32+/m0/s1. The smallest absolute Gasteiger partial charge is 0.226 e. The van der Waals surface area contributed by atoms with Crippen LogP contribution in [-0.2, 0) is 9.59 Å². The number of hydrogen-bond donors (Lipinski definition) is 0. The summed E-state index contributed by atoms with van der Waals surface area (Å²) >= 11 is 0. The number of nitrogens with zero attached hydrogens (tertiary/aromatic N) is 1. The number of hydrogen-bond acceptors (Lipinski definition) is 2. The summed E-state index contributed by atoms with van der Waals surface area (Å²) in [5, 5.41) is 0. The van der Waals surface area contributed by atoms with E-state index in [9.17, 15) is 9.59 Å². The molecule has 1 unspecified atom stereocenters. The van der Waals surface area contributed by atoms with E-state index in [0.717, 1.165) is 38.5 Å². The highest BCUT2D eigenvalue weighted by molar-refractivity contribution is 6.02. The van der Waals surface area contributed by atoms with Crippen LogP contribution in [0.5, 0.6) is 0 Å². The van der Waals surface area contributed by atoms with Crippen LogP contribution in [-0.4, -0.2) is 11.6 Å². The van der Waals surface area contributed by atoms with Crippen LogP contribution in [0.15, 0.2) is 24.4 Å². The fourth-order valence-corrected chi connectivity index (χ4v) is 10.7. The lowest BCUT2D eigenvalue weighted by Crippen LogP contribution is -2.68. The molecule has 0 aliphatic heterocycles. The van der Waals surface area contributed by atoms with E-state index in [1.54, 1.807) is 0 Å². The van der Waals surface area contributed by atoms with Crippen molar-refractivity contribution in [1.29, 1.82) is 0 Å². The summed E-state index contributed by atoms with van der Waals surface area (Å²) in [6, 6.07) is 0. The third-order valence-electron chi connectivity index (χ3n) is 12.9. The molecule has 0 heterocycles. The summed E-state index contributed by atoms with van der Waals surface area (Å²) in [5.74, 6) is 1.22. The van der Waals surface area contributed by atoms with Gasteiger partial charge in [0.15, 0.2) is 5.78 Å². The molecule has 5 aliphatic carbocycles. The quantitative estimate of drug-likeness (QED) is 0.286. The summed E-state index contributed by atoms with van der Waals surface area (Å²) in [6.07, 6.45) is 12.5. The second kappa shape index (κ2) is 7.20. The lowest BCUT2D eigenvalue weighted by molar-refractivity contribution is -0.217. The molecule has 0 radical (unpaired) electrons. The first-order chi connectivity index (χ1) is 16.1. The molecule has 35 heavy (non-hydrogen) atoms. The molecule has 0 N–H and O–H groups in total. The van der Waals surface area contributed by atoms with Crippen molar-refractivity contribution >= 4 is 11.6 Å². The molecule has 0 aromatic rings. The maximum Gasteiger partial charge on any atom is 0.226 e. The second-order valence-electron chi connectivity index (χ2n) is 15.1. The van der Waals surface area contributed by atoms with Gasteiger partial charge in [0.1, 0.15) is 5.78 Å². The zero-order valence-electron chi connectivity index (χ0n) is 23.1. The van der Waals surface area contributed by atoms with Gasteiger partial charge in [0.25, 0.3) is 0 Å². The lowest BCUT2D eigenvalue weighted by atomic mass is 9.31. The Morgan fingerprint density at radius 3 is 2.23 bits per heavy atom. The number of fused-ring (bicyclic) bond motifs is 7. The van der Waals surface area contributed by atoms with Crippen LogP contribution in [0.1, 0.15) is 99.8 Å². The molecular weight excluding hydrogens is 430 g/mol. The van der Waals surface area contributed by atoms with Crippen LogP contribution >= 0.6 is 0 Å². The van der Waals surface area contributed by atoms with Gasteiger partial charge in [-0.1, -0.05) is 60.6 Å². The van der Waals surface area contributed by atoms with Gasteiger partial charge in [-0.25, -0.2) is 4.85 Å². The van der Waals surface area contributed by atoms with E-state index in [1.807, 2.05) is 19.9 Å². The molecule has 5 aliphatic rings. The summed E-state index contributed by atoms with van der Waals surface area (Å²) in [7, 11) is 0. The molecule has 190 valence electrons. The van der Waals surface area contributed by atoms with Gasteiger partial charge in [0, 0.05) is 17.8 Å². The van der Waals surface area contributed by atoms with Gasteiger partial charge < -0.3 is 4.79 Å². The van der Waals surface area contributed by atoms with Crippen molar-refractivity contribution in [3.8, 4) is 0 Å². The molecule has 4 saturated carbocycles. The molecule has 8 atom stereocenters. The summed E-state index contributed by atoms with van der Waals surface area (Å²) < 4.78 is 0.